The summed E-state index contributed by atoms with van der Waals surface area (Å²) in [5, 5.41) is 22.3. The van der Waals surface area contributed by atoms with Gasteiger partial charge in [-0.15, -0.1) is 0 Å². The zero-order valence-corrected chi connectivity index (χ0v) is 18.4. The van der Waals surface area contributed by atoms with Crippen LogP contribution in [0.5, 0.6) is 11.8 Å². The average Bonchev–Trinajstić information content (AvgIpc) is 2.58. The van der Waals surface area contributed by atoms with Crippen LogP contribution in [0.1, 0.15) is 33.0 Å². The number of carbonyl (C=O) groups is 1. The molecule has 0 bridgehead atoms. The number of rotatable bonds is 4. The predicted octanol–water partition coefficient (Wildman–Crippen LogP) is -4.45. The summed E-state index contributed by atoms with van der Waals surface area (Å²) in [7, 11) is 0. The van der Waals surface area contributed by atoms with Crippen LogP contribution in [0.4, 0.5) is 0 Å². The summed E-state index contributed by atoms with van der Waals surface area (Å²) < 4.78 is 0. The van der Waals surface area contributed by atoms with Gasteiger partial charge in [-0.25, -0.2) is 9.59 Å². The van der Waals surface area contributed by atoms with E-state index in [9.17, 15) is 34.2 Å². The van der Waals surface area contributed by atoms with Crippen molar-refractivity contribution in [1.82, 2.24) is 19.9 Å². The van der Waals surface area contributed by atoms with Gasteiger partial charge in [0.25, 0.3) is 11.1 Å². The van der Waals surface area contributed by atoms with Crippen LogP contribution in [0, 0.1) is 6.92 Å². The zero-order chi connectivity index (χ0) is 20.6. The SMILES string of the molecule is Cc1ccc(C(=O)C(c2c([O-])[nH]c(=O)[nH]c2=O)c2c(O)[nH]c(=O)[nH]c2=O)cc1.[K+]. The number of Topliss-reactive ketones (excluding diaryl/α,β-unsaturated/α-hetero) is 1. The van der Waals surface area contributed by atoms with Crippen LogP contribution in [-0.4, -0.2) is 30.8 Å². The molecule has 1 aromatic carbocycles. The third kappa shape index (κ3) is 4.57. The Morgan fingerprint density at radius 3 is 1.93 bits per heavy atom. The second kappa shape index (κ2) is 8.88. The molecule has 29 heavy (non-hydrogen) atoms. The van der Waals surface area contributed by atoms with E-state index in [1.165, 1.54) is 12.1 Å². The maximum Gasteiger partial charge on any atom is 1.00 e. The van der Waals surface area contributed by atoms with Crippen LogP contribution in [0.2, 0.25) is 0 Å². The van der Waals surface area contributed by atoms with Gasteiger partial charge in [-0.1, -0.05) is 29.8 Å². The van der Waals surface area contributed by atoms with Gasteiger partial charge in [0.1, 0.15) is 0 Å². The molecular formula is C17H13KN4O7. The van der Waals surface area contributed by atoms with Crippen molar-refractivity contribution in [1.29, 1.82) is 0 Å². The van der Waals surface area contributed by atoms with E-state index in [1.54, 1.807) is 19.1 Å². The number of hydrogen-bond acceptors (Lipinski definition) is 7. The van der Waals surface area contributed by atoms with E-state index in [0.29, 0.717) is 0 Å². The van der Waals surface area contributed by atoms with Gasteiger partial charge in [-0.2, -0.15) is 0 Å². The van der Waals surface area contributed by atoms with Crippen LogP contribution in [0.3, 0.4) is 0 Å². The molecule has 144 valence electrons. The fraction of sp³-hybridized carbons (Fsp3) is 0.118. The quantitative estimate of drug-likeness (QED) is 0.206. The molecule has 0 saturated heterocycles. The second-order valence-electron chi connectivity index (χ2n) is 5.98. The van der Waals surface area contributed by atoms with Gasteiger partial charge in [0, 0.05) is 11.1 Å². The van der Waals surface area contributed by atoms with Gasteiger partial charge in [0.15, 0.2) is 5.78 Å². The summed E-state index contributed by atoms with van der Waals surface area (Å²) in [6.45, 7) is 1.77. The first-order valence-electron chi connectivity index (χ1n) is 7.89. The number of aromatic nitrogens is 4. The van der Waals surface area contributed by atoms with Crippen LogP contribution in [0.15, 0.2) is 43.4 Å². The van der Waals surface area contributed by atoms with Crippen molar-refractivity contribution < 1.29 is 66.4 Å². The van der Waals surface area contributed by atoms with Crippen molar-refractivity contribution in [2.75, 3.05) is 0 Å². The Kier molecular flexibility index (Phi) is 6.97. The van der Waals surface area contributed by atoms with Crippen LogP contribution in [0.25, 0.3) is 0 Å². The summed E-state index contributed by atoms with van der Waals surface area (Å²) >= 11 is 0. The molecule has 2 heterocycles. The Morgan fingerprint density at radius 2 is 1.41 bits per heavy atom. The fourth-order valence-corrected chi connectivity index (χ4v) is 2.78. The molecule has 0 radical (unpaired) electrons. The van der Waals surface area contributed by atoms with Crippen molar-refractivity contribution in [3.63, 3.8) is 0 Å². The van der Waals surface area contributed by atoms with Crippen molar-refractivity contribution >= 4 is 5.78 Å². The monoisotopic (exact) mass is 424 g/mol. The number of benzene rings is 1. The van der Waals surface area contributed by atoms with Gasteiger partial charge >= 0.3 is 62.8 Å². The topological polar surface area (TPSA) is 192 Å². The minimum Gasteiger partial charge on any atom is -0.860 e. The first-order valence-corrected chi connectivity index (χ1v) is 7.89. The number of aromatic amines is 4. The van der Waals surface area contributed by atoms with Crippen molar-refractivity contribution in [3.05, 3.63) is 88.2 Å². The van der Waals surface area contributed by atoms with E-state index in [4.69, 9.17) is 0 Å². The summed E-state index contributed by atoms with van der Waals surface area (Å²) in [6, 6.07) is 6.00. The van der Waals surface area contributed by atoms with Crippen molar-refractivity contribution in [3.8, 4) is 11.8 Å². The average molecular weight is 424 g/mol. The molecule has 0 amide bonds. The molecule has 0 aliphatic heterocycles. The standard InChI is InChI=1S/C17H14N4O7.K/c1-6-2-4-7(5-3-6)11(22)8(9-12(23)18-16(27)19-13(9)24)10-14(25)20-17(28)21-15(10)26;/h2-5,8H,1H3,(H3,18,19,23,24,27)(H3,20,21,25,26,28);/q;+1/p-1. The molecule has 3 rings (SSSR count). The Labute approximate surface area is 203 Å². The molecule has 1 unspecified atom stereocenters. The Hall–Kier alpha value is -2.51. The zero-order valence-electron chi connectivity index (χ0n) is 15.3. The second-order valence-corrected chi connectivity index (χ2v) is 5.98. The molecule has 2 aromatic heterocycles. The van der Waals surface area contributed by atoms with Crippen molar-refractivity contribution in [2.24, 2.45) is 0 Å². The number of H-pyrrole nitrogens is 4. The number of ketones is 1. The number of aromatic hydroxyl groups is 1. The van der Waals surface area contributed by atoms with Gasteiger partial charge in [0.2, 0.25) is 5.88 Å². The molecule has 0 aliphatic rings. The summed E-state index contributed by atoms with van der Waals surface area (Å²) in [5.41, 5.74) is -5.15. The third-order valence-electron chi connectivity index (χ3n) is 4.08. The van der Waals surface area contributed by atoms with E-state index < -0.39 is 57.1 Å². The molecule has 12 heteroatoms. The summed E-state index contributed by atoms with van der Waals surface area (Å²) in [4.78, 5) is 67.7. The first kappa shape index (κ1) is 22.8. The summed E-state index contributed by atoms with van der Waals surface area (Å²) in [5.74, 6) is -4.94. The van der Waals surface area contributed by atoms with Gasteiger partial charge < -0.3 is 15.2 Å². The minimum atomic E-state index is -1.88. The maximum atomic E-state index is 13.1. The Morgan fingerprint density at radius 1 is 0.897 bits per heavy atom. The predicted molar refractivity (Wildman–Crippen MR) is 93.8 cm³/mol. The molecule has 11 nitrogen and oxygen atoms in total. The van der Waals surface area contributed by atoms with E-state index in [0.717, 1.165) is 5.56 Å². The molecule has 0 aliphatic carbocycles. The first-order chi connectivity index (χ1) is 13.2. The largest absolute Gasteiger partial charge is 1.00 e. The maximum absolute atomic E-state index is 13.1. The number of carbonyl (C=O) groups excluding carboxylic acids is 1. The van der Waals surface area contributed by atoms with Crippen LogP contribution in [-0.2, 0) is 0 Å². The van der Waals surface area contributed by atoms with Gasteiger partial charge in [0.05, 0.1) is 11.5 Å². The van der Waals surface area contributed by atoms with E-state index in [1.807, 2.05) is 19.9 Å². The molecule has 1 atom stereocenters. The van der Waals surface area contributed by atoms with E-state index in [2.05, 4.69) is 0 Å². The van der Waals surface area contributed by atoms with Gasteiger partial charge in [-0.05, 0) is 12.8 Å². The molecule has 3 aromatic rings. The smallest absolute Gasteiger partial charge is 0.860 e. The number of hydrogen-bond donors (Lipinski definition) is 5. The minimum absolute atomic E-state index is 0. The third-order valence-corrected chi connectivity index (χ3v) is 4.08. The Balaban J connectivity index is 0.00000300. The Bertz CT molecular complexity index is 1230. The van der Waals surface area contributed by atoms with Crippen LogP contribution < -0.4 is 79.0 Å². The molecular weight excluding hydrogens is 411 g/mol. The van der Waals surface area contributed by atoms with Crippen molar-refractivity contribution in [2.45, 2.75) is 12.8 Å². The van der Waals surface area contributed by atoms with Gasteiger partial charge in [-0.3, -0.25) is 29.3 Å². The molecule has 0 fully saturated rings. The van der Waals surface area contributed by atoms with E-state index in [-0.39, 0.29) is 56.9 Å². The van der Waals surface area contributed by atoms with E-state index >= 15 is 0 Å². The fourth-order valence-electron chi connectivity index (χ4n) is 2.78. The normalized spacial score (nSPS) is 11.5. The number of nitrogens with one attached hydrogen (secondary N) is 4. The molecule has 5 N–H and O–H groups in total. The summed E-state index contributed by atoms with van der Waals surface area (Å²) in [6.07, 6.45) is 0. The molecule has 0 spiro atoms. The van der Waals surface area contributed by atoms with Crippen LogP contribution >= 0.6 is 0 Å². The molecule has 0 saturated carbocycles. The number of aryl methyl sites for hydroxylation is 1.